The molecule has 0 N–H and O–H groups in total. The molecule has 2 rings (SSSR count). The molecule has 1 heteroatoms. The Morgan fingerprint density at radius 3 is 2.21 bits per heavy atom. The van der Waals surface area contributed by atoms with Crippen LogP contribution in [-0.2, 0) is 0 Å². The van der Waals surface area contributed by atoms with Crippen LogP contribution in [-0.4, -0.2) is 6.61 Å². The topological polar surface area (TPSA) is 9.23 Å². The van der Waals surface area contributed by atoms with Gasteiger partial charge < -0.3 is 4.74 Å². The SMILES string of the molecule is C=CCCCCOc1ccc(-c2ccccc2)cc1. The molecule has 0 saturated carbocycles. The van der Waals surface area contributed by atoms with Crippen LogP contribution in [0.4, 0.5) is 0 Å². The van der Waals surface area contributed by atoms with Crippen LogP contribution < -0.4 is 4.74 Å². The van der Waals surface area contributed by atoms with Crippen molar-refractivity contribution in [3.8, 4) is 16.9 Å². The van der Waals surface area contributed by atoms with E-state index in [9.17, 15) is 0 Å². The highest BCUT2D eigenvalue weighted by molar-refractivity contribution is 5.63. The molecule has 0 fully saturated rings. The molecule has 0 aliphatic rings. The molecule has 0 aliphatic heterocycles. The Morgan fingerprint density at radius 2 is 1.53 bits per heavy atom. The van der Waals surface area contributed by atoms with E-state index in [1.165, 1.54) is 11.1 Å². The van der Waals surface area contributed by atoms with Gasteiger partial charge in [-0.2, -0.15) is 0 Å². The Balaban J connectivity index is 1.87. The van der Waals surface area contributed by atoms with Crippen LogP contribution in [0.15, 0.2) is 67.3 Å². The molecule has 0 radical (unpaired) electrons. The normalized spacial score (nSPS) is 10.1. The third kappa shape index (κ3) is 4.29. The van der Waals surface area contributed by atoms with Gasteiger partial charge in [0.1, 0.15) is 5.75 Å². The van der Waals surface area contributed by atoms with Gasteiger partial charge in [0, 0.05) is 0 Å². The highest BCUT2D eigenvalue weighted by Gasteiger charge is 1.98. The first kappa shape index (κ1) is 13.4. The van der Waals surface area contributed by atoms with Crippen LogP contribution in [0.2, 0.25) is 0 Å². The Kier molecular flexibility index (Phi) is 5.24. The van der Waals surface area contributed by atoms with Crippen LogP contribution >= 0.6 is 0 Å². The molecule has 98 valence electrons. The molecule has 0 unspecified atom stereocenters. The second kappa shape index (κ2) is 7.42. The summed E-state index contributed by atoms with van der Waals surface area (Å²) in [7, 11) is 0. The monoisotopic (exact) mass is 252 g/mol. The minimum Gasteiger partial charge on any atom is -0.494 e. The largest absolute Gasteiger partial charge is 0.494 e. The summed E-state index contributed by atoms with van der Waals surface area (Å²) in [6, 6.07) is 18.7. The lowest BCUT2D eigenvalue weighted by atomic mass is 10.1. The average molecular weight is 252 g/mol. The molecule has 2 aromatic carbocycles. The van der Waals surface area contributed by atoms with Gasteiger partial charge in [-0.3, -0.25) is 0 Å². The van der Waals surface area contributed by atoms with E-state index in [1.54, 1.807) is 0 Å². The summed E-state index contributed by atoms with van der Waals surface area (Å²) in [4.78, 5) is 0. The smallest absolute Gasteiger partial charge is 0.119 e. The summed E-state index contributed by atoms with van der Waals surface area (Å²) in [5.74, 6) is 0.943. The van der Waals surface area contributed by atoms with E-state index in [-0.39, 0.29) is 0 Å². The minimum absolute atomic E-state index is 0.776. The summed E-state index contributed by atoms with van der Waals surface area (Å²) in [5.41, 5.74) is 2.46. The van der Waals surface area contributed by atoms with Gasteiger partial charge in [-0.15, -0.1) is 6.58 Å². The number of unbranched alkanes of at least 4 members (excludes halogenated alkanes) is 2. The van der Waals surface area contributed by atoms with Crippen molar-refractivity contribution in [2.75, 3.05) is 6.61 Å². The fourth-order valence-electron chi connectivity index (χ4n) is 1.95. The highest BCUT2D eigenvalue weighted by atomic mass is 16.5. The number of benzene rings is 2. The molecule has 0 spiro atoms. The fourth-order valence-corrected chi connectivity index (χ4v) is 1.95. The molecule has 2 aromatic rings. The number of rotatable bonds is 7. The standard InChI is InChI=1S/C18H20O/c1-2-3-4-8-15-19-18-13-11-17(12-14-18)16-9-6-5-7-10-16/h2,5-7,9-14H,1,3-4,8,15H2. The van der Waals surface area contributed by atoms with Crippen LogP contribution in [0.3, 0.4) is 0 Å². The van der Waals surface area contributed by atoms with Crippen molar-refractivity contribution in [1.29, 1.82) is 0 Å². The fraction of sp³-hybridized carbons (Fsp3) is 0.222. The van der Waals surface area contributed by atoms with Crippen LogP contribution in [0.25, 0.3) is 11.1 Å². The van der Waals surface area contributed by atoms with Gasteiger partial charge in [-0.05, 0) is 42.5 Å². The molecule has 0 aromatic heterocycles. The molecule has 19 heavy (non-hydrogen) atoms. The lowest BCUT2D eigenvalue weighted by molar-refractivity contribution is 0.307. The average Bonchev–Trinajstić information content (AvgIpc) is 2.49. The minimum atomic E-state index is 0.776. The zero-order valence-corrected chi connectivity index (χ0v) is 11.2. The van der Waals surface area contributed by atoms with Crippen LogP contribution in [0.5, 0.6) is 5.75 Å². The third-order valence-electron chi connectivity index (χ3n) is 3.03. The molecule has 0 amide bonds. The zero-order chi connectivity index (χ0) is 13.3. The maximum Gasteiger partial charge on any atom is 0.119 e. The lowest BCUT2D eigenvalue weighted by Gasteiger charge is -2.07. The maximum absolute atomic E-state index is 5.71. The predicted octanol–water partition coefficient (Wildman–Crippen LogP) is 5.09. The van der Waals surface area contributed by atoms with E-state index in [1.807, 2.05) is 24.3 Å². The molecule has 0 aliphatic carbocycles. The van der Waals surface area contributed by atoms with Crippen LogP contribution in [0, 0.1) is 0 Å². The predicted molar refractivity (Wildman–Crippen MR) is 81.4 cm³/mol. The van der Waals surface area contributed by atoms with Gasteiger partial charge >= 0.3 is 0 Å². The van der Waals surface area contributed by atoms with Crippen molar-refractivity contribution >= 4 is 0 Å². The lowest BCUT2D eigenvalue weighted by Crippen LogP contribution is -1.96. The highest BCUT2D eigenvalue weighted by Crippen LogP contribution is 2.22. The summed E-state index contributed by atoms with van der Waals surface area (Å²) in [6.45, 7) is 4.49. The van der Waals surface area contributed by atoms with Gasteiger partial charge in [0.05, 0.1) is 6.61 Å². The molecular weight excluding hydrogens is 232 g/mol. The third-order valence-corrected chi connectivity index (χ3v) is 3.03. The first-order valence-electron chi connectivity index (χ1n) is 6.79. The van der Waals surface area contributed by atoms with Crippen molar-refractivity contribution in [3.63, 3.8) is 0 Å². The Hall–Kier alpha value is -2.02. The van der Waals surface area contributed by atoms with E-state index in [4.69, 9.17) is 4.74 Å². The number of hydrogen-bond donors (Lipinski definition) is 0. The van der Waals surface area contributed by atoms with E-state index in [0.717, 1.165) is 31.6 Å². The van der Waals surface area contributed by atoms with Crippen molar-refractivity contribution in [1.82, 2.24) is 0 Å². The van der Waals surface area contributed by atoms with Crippen molar-refractivity contribution in [3.05, 3.63) is 67.3 Å². The summed E-state index contributed by atoms with van der Waals surface area (Å²) >= 11 is 0. The number of hydrogen-bond acceptors (Lipinski definition) is 1. The zero-order valence-electron chi connectivity index (χ0n) is 11.2. The van der Waals surface area contributed by atoms with Gasteiger partial charge in [0.25, 0.3) is 0 Å². The second-order valence-electron chi connectivity index (χ2n) is 4.52. The summed E-state index contributed by atoms with van der Waals surface area (Å²) in [5, 5.41) is 0. The number of ether oxygens (including phenoxy) is 1. The van der Waals surface area contributed by atoms with Gasteiger partial charge in [-0.25, -0.2) is 0 Å². The molecule has 0 saturated heterocycles. The first-order chi connectivity index (χ1) is 9.40. The summed E-state index contributed by atoms with van der Waals surface area (Å²) < 4.78 is 5.71. The molecule has 0 atom stereocenters. The van der Waals surface area contributed by atoms with Gasteiger partial charge in [0.2, 0.25) is 0 Å². The van der Waals surface area contributed by atoms with E-state index < -0.39 is 0 Å². The summed E-state index contributed by atoms with van der Waals surface area (Å²) in [6.07, 6.45) is 5.24. The second-order valence-corrected chi connectivity index (χ2v) is 4.52. The molecule has 1 nitrogen and oxygen atoms in total. The quantitative estimate of drug-likeness (QED) is 0.492. The maximum atomic E-state index is 5.71. The van der Waals surface area contributed by atoms with Crippen molar-refractivity contribution < 1.29 is 4.74 Å². The first-order valence-corrected chi connectivity index (χ1v) is 6.79. The van der Waals surface area contributed by atoms with E-state index >= 15 is 0 Å². The molecular formula is C18H20O. The Bertz CT molecular complexity index is 485. The van der Waals surface area contributed by atoms with Gasteiger partial charge in [-0.1, -0.05) is 48.5 Å². The van der Waals surface area contributed by atoms with Crippen LogP contribution in [0.1, 0.15) is 19.3 Å². The van der Waals surface area contributed by atoms with Gasteiger partial charge in [0.15, 0.2) is 0 Å². The van der Waals surface area contributed by atoms with E-state index in [2.05, 4.69) is 43.0 Å². The Morgan fingerprint density at radius 1 is 0.842 bits per heavy atom. The number of allylic oxidation sites excluding steroid dienone is 1. The molecule has 0 heterocycles. The Labute approximate surface area is 115 Å². The molecule has 0 bridgehead atoms. The van der Waals surface area contributed by atoms with Crippen molar-refractivity contribution in [2.45, 2.75) is 19.3 Å². The van der Waals surface area contributed by atoms with Crippen molar-refractivity contribution in [2.24, 2.45) is 0 Å². The van der Waals surface area contributed by atoms with E-state index in [0.29, 0.717) is 0 Å².